The molecule has 1 N–H and O–H groups in total. The summed E-state index contributed by atoms with van der Waals surface area (Å²) in [5.74, 6) is 0.445. The third-order valence-electron chi connectivity index (χ3n) is 3.74. The van der Waals surface area contributed by atoms with Crippen LogP contribution in [0.2, 0.25) is 0 Å². The van der Waals surface area contributed by atoms with Gasteiger partial charge in [0.15, 0.2) is 12.1 Å². The lowest BCUT2D eigenvalue weighted by Gasteiger charge is -2.22. The van der Waals surface area contributed by atoms with Gasteiger partial charge in [0.2, 0.25) is 0 Å². The quantitative estimate of drug-likeness (QED) is 0.642. The van der Waals surface area contributed by atoms with Gasteiger partial charge in [-0.25, -0.2) is 0 Å². The molecule has 1 aliphatic rings. The summed E-state index contributed by atoms with van der Waals surface area (Å²) in [5, 5.41) is 0. The van der Waals surface area contributed by atoms with Crippen molar-refractivity contribution in [2.24, 2.45) is 0 Å². The number of aldehydes is 1. The van der Waals surface area contributed by atoms with E-state index >= 15 is 0 Å². The minimum absolute atomic E-state index is 0.0624. The van der Waals surface area contributed by atoms with Crippen molar-refractivity contribution >= 4 is 12.1 Å². The SMILES string of the molecule is CC(=O)c1c(C)[nH]c(C=O)c1C1CCCCC1. The van der Waals surface area contributed by atoms with E-state index in [9.17, 15) is 9.59 Å². The van der Waals surface area contributed by atoms with Crippen LogP contribution in [0.1, 0.15) is 77.0 Å². The molecule has 0 amide bonds. The van der Waals surface area contributed by atoms with Crippen LogP contribution in [0.25, 0.3) is 0 Å². The van der Waals surface area contributed by atoms with Crippen LogP contribution >= 0.6 is 0 Å². The Morgan fingerprint density at radius 3 is 2.47 bits per heavy atom. The molecule has 1 aromatic heterocycles. The van der Waals surface area contributed by atoms with Crippen molar-refractivity contribution in [3.8, 4) is 0 Å². The Labute approximate surface area is 102 Å². The maximum atomic E-state index is 11.7. The number of Topliss-reactive ketones (excluding diaryl/α,β-unsaturated/α-hetero) is 1. The number of aromatic nitrogens is 1. The van der Waals surface area contributed by atoms with Gasteiger partial charge in [-0.15, -0.1) is 0 Å². The summed E-state index contributed by atoms with van der Waals surface area (Å²) in [6.07, 6.45) is 6.71. The molecule has 0 aromatic carbocycles. The van der Waals surface area contributed by atoms with E-state index in [-0.39, 0.29) is 5.78 Å². The molecular formula is C14H19NO2. The Kier molecular flexibility index (Phi) is 3.46. The van der Waals surface area contributed by atoms with Crippen molar-refractivity contribution in [2.75, 3.05) is 0 Å². The van der Waals surface area contributed by atoms with Gasteiger partial charge in [0.1, 0.15) is 0 Å². The number of ketones is 1. The van der Waals surface area contributed by atoms with Gasteiger partial charge >= 0.3 is 0 Å². The second-order valence-corrected chi connectivity index (χ2v) is 4.96. The summed E-state index contributed by atoms with van der Waals surface area (Å²) in [6, 6.07) is 0. The van der Waals surface area contributed by atoms with Crippen LogP contribution in [-0.4, -0.2) is 17.1 Å². The lowest BCUT2D eigenvalue weighted by atomic mass is 9.81. The van der Waals surface area contributed by atoms with Crippen LogP contribution < -0.4 is 0 Å². The van der Waals surface area contributed by atoms with E-state index in [1.54, 1.807) is 6.92 Å². The van der Waals surface area contributed by atoms with Gasteiger partial charge in [-0.2, -0.15) is 0 Å². The highest BCUT2D eigenvalue weighted by Gasteiger charge is 2.26. The maximum Gasteiger partial charge on any atom is 0.166 e. The zero-order valence-corrected chi connectivity index (χ0v) is 10.5. The first-order valence-corrected chi connectivity index (χ1v) is 6.33. The van der Waals surface area contributed by atoms with Crippen LogP contribution in [0, 0.1) is 6.92 Å². The number of H-pyrrole nitrogens is 1. The van der Waals surface area contributed by atoms with Crippen LogP contribution in [0.4, 0.5) is 0 Å². The number of carbonyl (C=O) groups excluding carboxylic acids is 2. The normalized spacial score (nSPS) is 17.1. The maximum absolute atomic E-state index is 11.7. The fourth-order valence-corrected chi connectivity index (χ4v) is 3.03. The Balaban J connectivity index is 2.48. The summed E-state index contributed by atoms with van der Waals surface area (Å²) in [5.41, 5.74) is 3.17. The van der Waals surface area contributed by atoms with Gasteiger partial charge in [0.05, 0.1) is 5.69 Å². The fraction of sp³-hybridized carbons (Fsp3) is 0.571. The summed E-state index contributed by atoms with van der Waals surface area (Å²) in [7, 11) is 0. The van der Waals surface area contributed by atoms with E-state index < -0.39 is 0 Å². The van der Waals surface area contributed by atoms with Crippen molar-refractivity contribution in [1.82, 2.24) is 4.98 Å². The molecule has 1 fully saturated rings. The molecule has 0 saturated heterocycles. The third-order valence-corrected chi connectivity index (χ3v) is 3.74. The lowest BCUT2D eigenvalue weighted by Crippen LogP contribution is -2.10. The molecule has 0 spiro atoms. The predicted octanol–water partition coefficient (Wildman–Crippen LogP) is 3.39. The molecular weight excluding hydrogens is 214 g/mol. The molecule has 2 rings (SSSR count). The number of carbonyl (C=O) groups is 2. The number of nitrogens with one attached hydrogen (secondary N) is 1. The highest BCUT2D eigenvalue weighted by Crippen LogP contribution is 2.37. The number of rotatable bonds is 3. The Bertz CT molecular complexity index is 439. The molecule has 1 heterocycles. The zero-order chi connectivity index (χ0) is 12.4. The summed E-state index contributed by atoms with van der Waals surface area (Å²) in [4.78, 5) is 25.9. The molecule has 0 unspecified atom stereocenters. The number of aromatic amines is 1. The molecule has 0 atom stereocenters. The molecule has 3 heteroatoms. The predicted molar refractivity (Wildman–Crippen MR) is 66.7 cm³/mol. The number of aryl methyl sites for hydroxylation is 1. The standard InChI is InChI=1S/C14H19NO2/c1-9-13(10(2)17)14(12(8-16)15-9)11-6-4-3-5-7-11/h8,11,15H,3-7H2,1-2H3. The first-order chi connectivity index (χ1) is 8.15. The minimum Gasteiger partial charge on any atom is -0.356 e. The van der Waals surface area contributed by atoms with Crippen molar-refractivity contribution < 1.29 is 9.59 Å². The smallest absolute Gasteiger partial charge is 0.166 e. The van der Waals surface area contributed by atoms with Crippen LogP contribution in [-0.2, 0) is 0 Å². The molecule has 0 bridgehead atoms. The highest BCUT2D eigenvalue weighted by atomic mass is 16.1. The van der Waals surface area contributed by atoms with E-state index in [2.05, 4.69) is 4.98 Å². The Morgan fingerprint density at radius 2 is 1.94 bits per heavy atom. The first-order valence-electron chi connectivity index (χ1n) is 6.33. The number of hydrogen-bond donors (Lipinski definition) is 1. The second-order valence-electron chi connectivity index (χ2n) is 4.96. The lowest BCUT2D eigenvalue weighted by molar-refractivity contribution is 0.101. The van der Waals surface area contributed by atoms with Gasteiger partial charge in [-0.1, -0.05) is 19.3 Å². The Morgan fingerprint density at radius 1 is 1.29 bits per heavy atom. The average molecular weight is 233 g/mol. The van der Waals surface area contributed by atoms with Gasteiger partial charge in [-0.3, -0.25) is 9.59 Å². The van der Waals surface area contributed by atoms with Crippen molar-refractivity contribution in [2.45, 2.75) is 51.9 Å². The largest absolute Gasteiger partial charge is 0.356 e. The third kappa shape index (κ3) is 2.19. The van der Waals surface area contributed by atoms with E-state index in [1.807, 2.05) is 6.92 Å². The van der Waals surface area contributed by atoms with E-state index in [4.69, 9.17) is 0 Å². The van der Waals surface area contributed by atoms with Gasteiger partial charge < -0.3 is 4.98 Å². The molecule has 0 radical (unpaired) electrons. The first kappa shape index (κ1) is 12.1. The molecule has 1 aliphatic carbocycles. The second kappa shape index (κ2) is 4.86. The van der Waals surface area contributed by atoms with Crippen molar-refractivity contribution in [3.63, 3.8) is 0 Å². The van der Waals surface area contributed by atoms with Gasteiger partial charge in [0.25, 0.3) is 0 Å². The molecule has 92 valence electrons. The topological polar surface area (TPSA) is 49.9 Å². The van der Waals surface area contributed by atoms with Crippen LogP contribution in [0.3, 0.4) is 0 Å². The molecule has 0 aliphatic heterocycles. The van der Waals surface area contributed by atoms with E-state index in [0.717, 1.165) is 35.9 Å². The van der Waals surface area contributed by atoms with Crippen LogP contribution in [0.15, 0.2) is 0 Å². The molecule has 1 aromatic rings. The van der Waals surface area contributed by atoms with Gasteiger partial charge in [0, 0.05) is 11.3 Å². The fourth-order valence-electron chi connectivity index (χ4n) is 3.03. The van der Waals surface area contributed by atoms with Gasteiger partial charge in [-0.05, 0) is 38.2 Å². The van der Waals surface area contributed by atoms with E-state index in [0.29, 0.717) is 11.6 Å². The zero-order valence-electron chi connectivity index (χ0n) is 10.5. The summed E-state index contributed by atoms with van der Waals surface area (Å²) in [6.45, 7) is 3.45. The van der Waals surface area contributed by atoms with Crippen molar-refractivity contribution in [3.05, 3.63) is 22.5 Å². The van der Waals surface area contributed by atoms with E-state index in [1.165, 1.54) is 19.3 Å². The van der Waals surface area contributed by atoms with Crippen LogP contribution in [0.5, 0.6) is 0 Å². The molecule has 17 heavy (non-hydrogen) atoms. The Hall–Kier alpha value is -1.38. The molecule has 1 saturated carbocycles. The average Bonchev–Trinajstić information content (AvgIpc) is 2.67. The molecule has 3 nitrogen and oxygen atoms in total. The minimum atomic E-state index is 0.0624. The monoisotopic (exact) mass is 233 g/mol. The summed E-state index contributed by atoms with van der Waals surface area (Å²) >= 11 is 0. The summed E-state index contributed by atoms with van der Waals surface area (Å²) < 4.78 is 0. The number of hydrogen-bond acceptors (Lipinski definition) is 2. The van der Waals surface area contributed by atoms with Crippen molar-refractivity contribution in [1.29, 1.82) is 0 Å². The highest BCUT2D eigenvalue weighted by molar-refractivity contribution is 5.99.